The van der Waals surface area contributed by atoms with Gasteiger partial charge in [0.2, 0.25) is 5.91 Å². The molecule has 91 heavy (non-hydrogen) atoms. The van der Waals surface area contributed by atoms with Crippen LogP contribution in [0, 0.1) is 0 Å². The van der Waals surface area contributed by atoms with Gasteiger partial charge < -0.3 is 62.2 Å². The maximum atomic E-state index is 14.2. The Hall–Kier alpha value is -5.97. The van der Waals surface area contributed by atoms with Crippen molar-refractivity contribution in [3.05, 3.63) is 48.0 Å². The quantitative estimate of drug-likeness (QED) is 0.0275. The summed E-state index contributed by atoms with van der Waals surface area (Å²) in [6, 6.07) is 7.24. The summed E-state index contributed by atoms with van der Waals surface area (Å²) in [5.41, 5.74) is 0.251. The maximum absolute atomic E-state index is 14.2. The van der Waals surface area contributed by atoms with E-state index in [0.29, 0.717) is 12.8 Å². The highest BCUT2D eigenvalue weighted by molar-refractivity contribution is 5.89. The summed E-state index contributed by atoms with van der Waals surface area (Å²) in [4.78, 5) is 117. The van der Waals surface area contributed by atoms with Crippen molar-refractivity contribution in [1.29, 1.82) is 0 Å². The Balaban J connectivity index is 2.03. The molecular weight excluding hydrogens is 1180 g/mol. The Morgan fingerprint density at radius 3 is 1.29 bits per heavy atom. The van der Waals surface area contributed by atoms with Gasteiger partial charge in [0.05, 0.1) is 18.2 Å². The number of hydrogen-bond donors (Lipinski definition) is 1. The lowest BCUT2D eigenvalue weighted by atomic mass is 9.96. The lowest BCUT2D eigenvalue weighted by Gasteiger charge is -2.48. The van der Waals surface area contributed by atoms with Crippen molar-refractivity contribution >= 4 is 53.7 Å². The minimum atomic E-state index is -1.90. The predicted molar refractivity (Wildman–Crippen MR) is 337 cm³/mol. The maximum Gasteiger partial charge on any atom is 0.338 e. The molecule has 2 aliphatic heterocycles. The number of allylic oxidation sites excluding steroid dienone is 1. The molecule has 2 aliphatic rings. The molecule has 0 spiro atoms. The molecule has 0 radical (unpaired) electrons. The normalized spacial score (nSPS) is 22.0. The lowest BCUT2D eigenvalue weighted by Crippen LogP contribution is -2.67. The second kappa shape index (κ2) is 47.0. The van der Waals surface area contributed by atoms with Crippen molar-refractivity contribution in [2.75, 3.05) is 19.8 Å². The Morgan fingerprint density at radius 2 is 0.835 bits per heavy atom. The summed E-state index contributed by atoms with van der Waals surface area (Å²) in [6.07, 6.45) is 16.4. The zero-order chi connectivity index (χ0) is 66.8. The van der Waals surface area contributed by atoms with Gasteiger partial charge in [-0.25, -0.2) is 4.79 Å². The van der Waals surface area contributed by atoms with Crippen molar-refractivity contribution in [3.8, 4) is 0 Å². The SMILES string of the molecule is CCCCCCCCCCCCC/C=C/[C@@H](OC(=O)c1ccccc1)[C@H](CO[C@@H]1O[C@H](COC(C)=O)[C@@H](O[C@@H]2O[C@H](COC(C)=O)[C@H](OC(C)=O)[C@H](OC(C)=O)[C@H]2OC(C)=O)[C@H](OC(C)=O)[C@H]1OC(C)=O)NC(=O)CCCCCCCCCCCCCCCCC. The number of esters is 8. The van der Waals surface area contributed by atoms with Crippen LogP contribution in [0.15, 0.2) is 42.5 Å². The third kappa shape index (κ3) is 34.0. The van der Waals surface area contributed by atoms with Crippen LogP contribution in [0.1, 0.15) is 252 Å². The first-order valence-electron chi connectivity index (χ1n) is 33.7. The fraction of sp³-hybridized carbons (Fsp3) is 0.754. The molecule has 0 aromatic heterocycles. The molecule has 1 N–H and O–H groups in total. The van der Waals surface area contributed by atoms with Crippen LogP contribution in [0.2, 0.25) is 0 Å². The summed E-state index contributed by atoms with van der Waals surface area (Å²) in [5.74, 6) is -7.23. The first kappa shape index (κ1) is 79.3. The van der Waals surface area contributed by atoms with Gasteiger partial charge >= 0.3 is 47.8 Å². The minimum absolute atomic E-state index is 0.143. The number of amides is 1. The van der Waals surface area contributed by atoms with Crippen LogP contribution in [0.25, 0.3) is 0 Å². The van der Waals surface area contributed by atoms with Crippen molar-refractivity contribution in [3.63, 3.8) is 0 Å². The number of hydrogen-bond acceptors (Lipinski definition) is 21. The molecular formula is C69H109NO21. The molecule has 0 saturated carbocycles. The molecule has 0 aliphatic carbocycles. The molecule has 12 atom stereocenters. The number of ether oxygens (including phenoxy) is 12. The molecule has 1 aromatic carbocycles. The summed E-state index contributed by atoms with van der Waals surface area (Å²) >= 11 is 0. The standard InChI is InChI=1S/C69H109NO21/c1-10-12-14-16-18-20-22-24-25-27-29-31-33-35-40-44-60(78)70-56(57(88-67(79)55-41-37-36-38-42-55)43-39-34-32-30-28-26-23-21-19-17-15-13-11-2)45-82-68-65(86-53(8)76)64(85-52(7)75)62(59(89-68)47-81-49(4)72)91-69-66(87-54(9)77)63(84-51(6)74)61(83-50(5)73)58(90-69)46-80-48(3)71/h36-39,41-43,56-59,61-66,68-69H,10-35,40,44-47H2,1-9H3,(H,70,78)/b43-39+/t56-,57+,58+,59+,61-,62+,63-,64-,65+,66+,68+,69-/m0/s1. The fourth-order valence-electron chi connectivity index (χ4n) is 11.1. The largest absolute Gasteiger partial charge is 0.463 e. The van der Waals surface area contributed by atoms with Gasteiger partial charge in [0, 0.05) is 54.9 Å². The number of benzene rings is 1. The molecule has 0 bridgehead atoms. The van der Waals surface area contributed by atoms with Gasteiger partial charge in [-0.1, -0.05) is 192 Å². The number of rotatable bonds is 47. The topological polar surface area (TPSA) is 276 Å². The van der Waals surface area contributed by atoms with E-state index in [4.69, 9.17) is 56.8 Å². The van der Waals surface area contributed by atoms with Crippen LogP contribution in [0.4, 0.5) is 0 Å². The van der Waals surface area contributed by atoms with Gasteiger partial charge in [-0.3, -0.25) is 38.4 Å². The Labute approximate surface area is 540 Å². The Morgan fingerprint density at radius 1 is 0.451 bits per heavy atom. The first-order valence-corrected chi connectivity index (χ1v) is 33.7. The summed E-state index contributed by atoms with van der Waals surface area (Å²) in [6.45, 7) is 10.2. The van der Waals surface area contributed by atoms with Gasteiger partial charge in [0.15, 0.2) is 43.1 Å². The molecule has 1 amide bonds. The molecule has 2 fully saturated rings. The van der Waals surface area contributed by atoms with E-state index in [9.17, 15) is 43.2 Å². The van der Waals surface area contributed by atoms with E-state index in [-0.39, 0.29) is 17.9 Å². The highest BCUT2D eigenvalue weighted by Crippen LogP contribution is 2.36. The van der Waals surface area contributed by atoms with E-state index in [0.717, 1.165) is 99.8 Å². The molecule has 22 heteroatoms. The second-order valence-electron chi connectivity index (χ2n) is 23.9. The number of carbonyl (C=O) groups is 9. The van der Waals surface area contributed by atoms with Crippen LogP contribution in [-0.2, 0) is 95.2 Å². The van der Waals surface area contributed by atoms with Gasteiger partial charge in [0.25, 0.3) is 0 Å². The molecule has 2 saturated heterocycles. The third-order valence-corrected chi connectivity index (χ3v) is 15.6. The Bertz CT molecular complexity index is 2310. The van der Waals surface area contributed by atoms with E-state index in [1.165, 1.54) is 109 Å². The highest BCUT2D eigenvalue weighted by atomic mass is 16.8. The third-order valence-electron chi connectivity index (χ3n) is 15.6. The van der Waals surface area contributed by atoms with Gasteiger partial charge in [0.1, 0.15) is 37.6 Å². The monoisotopic (exact) mass is 1290 g/mol. The summed E-state index contributed by atoms with van der Waals surface area (Å²) in [7, 11) is 0. The molecule has 2 heterocycles. The van der Waals surface area contributed by atoms with Gasteiger partial charge in [-0.15, -0.1) is 0 Å². The van der Waals surface area contributed by atoms with Gasteiger partial charge in [-0.05, 0) is 37.5 Å². The minimum Gasteiger partial charge on any atom is -0.463 e. The average molecular weight is 1290 g/mol. The molecule has 516 valence electrons. The van der Waals surface area contributed by atoms with Crippen molar-refractivity contribution in [2.24, 2.45) is 0 Å². The van der Waals surface area contributed by atoms with Crippen LogP contribution >= 0.6 is 0 Å². The van der Waals surface area contributed by atoms with Crippen LogP contribution in [-0.4, -0.2) is 147 Å². The summed E-state index contributed by atoms with van der Waals surface area (Å²) < 4.78 is 71.4. The van der Waals surface area contributed by atoms with Crippen LogP contribution in [0.3, 0.4) is 0 Å². The van der Waals surface area contributed by atoms with E-state index in [1.54, 1.807) is 36.4 Å². The van der Waals surface area contributed by atoms with Crippen LogP contribution in [0.5, 0.6) is 0 Å². The number of carbonyl (C=O) groups excluding carboxylic acids is 9. The van der Waals surface area contributed by atoms with E-state index < -0.39 is 141 Å². The number of nitrogens with one attached hydrogen (secondary N) is 1. The van der Waals surface area contributed by atoms with Crippen LogP contribution < -0.4 is 5.32 Å². The molecule has 22 nitrogen and oxygen atoms in total. The smallest absolute Gasteiger partial charge is 0.338 e. The zero-order valence-electron chi connectivity index (χ0n) is 56.0. The second-order valence-corrected chi connectivity index (χ2v) is 23.9. The lowest BCUT2D eigenvalue weighted by molar-refractivity contribution is -0.361. The molecule has 0 unspecified atom stereocenters. The van der Waals surface area contributed by atoms with Crippen molar-refractivity contribution in [2.45, 2.75) is 316 Å². The van der Waals surface area contributed by atoms with E-state index in [1.807, 2.05) is 6.08 Å². The van der Waals surface area contributed by atoms with Crippen molar-refractivity contribution < 1.29 is 100.0 Å². The van der Waals surface area contributed by atoms with Crippen molar-refractivity contribution in [1.82, 2.24) is 5.32 Å². The highest BCUT2D eigenvalue weighted by Gasteiger charge is 2.58. The number of unbranched alkanes of at least 4 members (excludes halogenated alkanes) is 25. The predicted octanol–water partition coefficient (Wildman–Crippen LogP) is 11.9. The van der Waals surface area contributed by atoms with Gasteiger partial charge in [-0.2, -0.15) is 0 Å². The van der Waals surface area contributed by atoms with E-state index >= 15 is 0 Å². The first-order chi connectivity index (χ1) is 43.7. The van der Waals surface area contributed by atoms with E-state index in [2.05, 4.69) is 19.2 Å². The average Bonchev–Trinajstić information content (AvgIpc) is 0.790. The Kier molecular flexibility index (Phi) is 40.9. The summed E-state index contributed by atoms with van der Waals surface area (Å²) in [5, 5.41) is 3.06. The molecule has 1 aromatic rings. The molecule has 3 rings (SSSR count). The zero-order valence-corrected chi connectivity index (χ0v) is 56.0. The fourth-order valence-corrected chi connectivity index (χ4v) is 11.1.